The van der Waals surface area contributed by atoms with E-state index in [1.54, 1.807) is 12.0 Å². The van der Waals surface area contributed by atoms with Crippen LogP contribution in [0.2, 0.25) is 0 Å². The average Bonchev–Trinajstić information content (AvgIpc) is 2.70. The Kier molecular flexibility index (Phi) is 5.82. The largest absolute Gasteiger partial charge is 0.497 e. The van der Waals surface area contributed by atoms with Crippen LogP contribution >= 0.6 is 0 Å². The molecule has 30 heavy (non-hydrogen) atoms. The fourth-order valence-electron chi connectivity index (χ4n) is 6.52. The van der Waals surface area contributed by atoms with E-state index in [-0.39, 0.29) is 23.1 Å². The quantitative estimate of drug-likeness (QED) is 0.736. The van der Waals surface area contributed by atoms with Crippen molar-refractivity contribution in [2.75, 3.05) is 14.2 Å². The lowest BCUT2D eigenvalue weighted by molar-refractivity contribution is -0.150. The maximum absolute atomic E-state index is 13.5. The third kappa shape index (κ3) is 4.08. The van der Waals surface area contributed by atoms with Gasteiger partial charge in [-0.2, -0.15) is 0 Å². The Morgan fingerprint density at radius 2 is 1.60 bits per heavy atom. The highest BCUT2D eigenvalue weighted by atomic mass is 16.5. The van der Waals surface area contributed by atoms with Crippen molar-refractivity contribution in [3.05, 3.63) is 29.8 Å². The third-order valence-corrected chi connectivity index (χ3v) is 7.69. The smallest absolute Gasteiger partial charge is 0.245 e. The average molecular weight is 413 g/mol. The summed E-state index contributed by atoms with van der Waals surface area (Å²) in [7, 11) is 3.46. The van der Waals surface area contributed by atoms with Gasteiger partial charge < -0.3 is 15.0 Å². The van der Waals surface area contributed by atoms with Crippen LogP contribution in [0.15, 0.2) is 24.3 Å². The van der Waals surface area contributed by atoms with Crippen molar-refractivity contribution in [2.45, 2.75) is 65.0 Å². The number of rotatable bonds is 7. The molecular weight excluding hydrogens is 376 g/mol. The molecule has 0 aromatic heterocycles. The van der Waals surface area contributed by atoms with Crippen LogP contribution in [0.5, 0.6) is 5.75 Å². The number of nitrogens with zero attached hydrogens (tertiary/aromatic N) is 1. The van der Waals surface area contributed by atoms with Crippen molar-refractivity contribution >= 4 is 11.8 Å². The molecule has 0 heterocycles. The summed E-state index contributed by atoms with van der Waals surface area (Å²) in [5.41, 5.74) is 0.818. The highest BCUT2D eigenvalue weighted by Gasteiger charge is 2.55. The first-order valence-corrected chi connectivity index (χ1v) is 11.5. The molecule has 2 amide bonds. The minimum atomic E-state index is -0.478. The predicted octanol–water partition coefficient (Wildman–Crippen LogP) is 4.01. The molecule has 0 aliphatic heterocycles. The van der Waals surface area contributed by atoms with Gasteiger partial charge in [-0.3, -0.25) is 9.59 Å². The maximum Gasteiger partial charge on any atom is 0.245 e. The van der Waals surface area contributed by atoms with Crippen LogP contribution in [-0.4, -0.2) is 36.9 Å². The molecule has 164 valence electrons. The molecular formula is C25H36N2O3. The zero-order chi connectivity index (χ0) is 21.5. The fraction of sp³-hybridized carbons (Fsp3) is 0.680. The van der Waals surface area contributed by atoms with Crippen molar-refractivity contribution in [2.24, 2.45) is 29.1 Å². The van der Waals surface area contributed by atoms with Gasteiger partial charge in [0.05, 0.1) is 7.11 Å². The molecule has 5 rings (SSSR count). The molecule has 1 atom stereocenters. The summed E-state index contributed by atoms with van der Waals surface area (Å²) in [6.07, 6.45) is 6.99. The van der Waals surface area contributed by atoms with Gasteiger partial charge in [0.2, 0.25) is 11.8 Å². The van der Waals surface area contributed by atoms with Crippen LogP contribution in [0.1, 0.15) is 57.9 Å². The zero-order valence-electron chi connectivity index (χ0n) is 18.8. The number of likely N-dealkylation sites (N-methyl/N-ethyl adjacent to an activating group) is 1. The first-order valence-electron chi connectivity index (χ1n) is 11.5. The molecule has 4 saturated carbocycles. The van der Waals surface area contributed by atoms with Crippen molar-refractivity contribution < 1.29 is 14.3 Å². The lowest BCUT2D eigenvalue weighted by atomic mass is 9.49. The van der Waals surface area contributed by atoms with Crippen LogP contribution in [0.3, 0.4) is 0 Å². The van der Waals surface area contributed by atoms with Gasteiger partial charge in [0, 0.05) is 19.0 Å². The SMILES string of the molecule is COc1ccc(CN(C)C(=O)C(NC(=O)C23CC4CC(CC(C4)C2)C3)C(C)C)cc1. The minimum Gasteiger partial charge on any atom is -0.497 e. The third-order valence-electron chi connectivity index (χ3n) is 7.69. The van der Waals surface area contributed by atoms with Crippen molar-refractivity contribution in [3.8, 4) is 5.75 Å². The van der Waals surface area contributed by atoms with Crippen LogP contribution < -0.4 is 10.1 Å². The Balaban J connectivity index is 1.42. The number of nitrogens with one attached hydrogen (secondary N) is 1. The number of amides is 2. The summed E-state index contributed by atoms with van der Waals surface area (Å²) < 4.78 is 5.21. The van der Waals surface area contributed by atoms with Gasteiger partial charge in [-0.1, -0.05) is 26.0 Å². The predicted molar refractivity (Wildman–Crippen MR) is 117 cm³/mol. The summed E-state index contributed by atoms with van der Waals surface area (Å²) in [6.45, 7) is 4.55. The van der Waals surface area contributed by atoms with E-state index in [2.05, 4.69) is 5.32 Å². The normalized spacial score (nSPS) is 30.2. The second-order valence-corrected chi connectivity index (χ2v) is 10.4. The van der Waals surface area contributed by atoms with Crippen LogP contribution in [0, 0.1) is 29.1 Å². The lowest BCUT2D eigenvalue weighted by Gasteiger charge is -2.56. The number of hydrogen-bond donors (Lipinski definition) is 1. The molecule has 1 unspecified atom stereocenters. The topological polar surface area (TPSA) is 58.6 Å². The second kappa shape index (κ2) is 8.24. The summed E-state index contributed by atoms with van der Waals surface area (Å²) in [6, 6.07) is 7.28. The maximum atomic E-state index is 13.5. The van der Waals surface area contributed by atoms with E-state index in [1.165, 1.54) is 19.3 Å². The number of carbonyl (C=O) groups excluding carboxylic acids is 2. The van der Waals surface area contributed by atoms with Gasteiger partial charge >= 0.3 is 0 Å². The Morgan fingerprint density at radius 3 is 2.07 bits per heavy atom. The monoisotopic (exact) mass is 412 g/mol. The number of hydrogen-bond acceptors (Lipinski definition) is 3. The van der Waals surface area contributed by atoms with Gasteiger partial charge in [0.1, 0.15) is 11.8 Å². The number of ether oxygens (including phenoxy) is 1. The van der Waals surface area contributed by atoms with Gasteiger partial charge in [-0.15, -0.1) is 0 Å². The first-order chi connectivity index (χ1) is 14.3. The Morgan fingerprint density at radius 1 is 1.07 bits per heavy atom. The lowest BCUT2D eigenvalue weighted by Crippen LogP contribution is -2.58. The fourth-order valence-corrected chi connectivity index (χ4v) is 6.52. The van der Waals surface area contributed by atoms with E-state index in [4.69, 9.17) is 4.74 Å². The molecule has 4 aliphatic carbocycles. The van der Waals surface area contributed by atoms with Crippen LogP contribution in [-0.2, 0) is 16.1 Å². The van der Waals surface area contributed by atoms with Gasteiger partial charge in [-0.05, 0) is 79.9 Å². The van der Waals surface area contributed by atoms with Crippen LogP contribution in [0.4, 0.5) is 0 Å². The van der Waals surface area contributed by atoms with Gasteiger partial charge in [0.25, 0.3) is 0 Å². The number of carbonyl (C=O) groups is 2. The van der Waals surface area contributed by atoms with Gasteiger partial charge in [-0.25, -0.2) is 0 Å². The van der Waals surface area contributed by atoms with Crippen LogP contribution in [0.25, 0.3) is 0 Å². The molecule has 1 aromatic carbocycles. The molecule has 4 bridgehead atoms. The molecule has 5 nitrogen and oxygen atoms in total. The highest BCUT2D eigenvalue weighted by molar-refractivity contribution is 5.90. The van der Waals surface area contributed by atoms with E-state index in [9.17, 15) is 9.59 Å². The molecule has 4 fully saturated rings. The molecule has 0 saturated heterocycles. The second-order valence-electron chi connectivity index (χ2n) is 10.4. The Bertz CT molecular complexity index is 751. The zero-order valence-corrected chi connectivity index (χ0v) is 18.8. The molecule has 0 spiro atoms. The molecule has 1 N–H and O–H groups in total. The summed E-state index contributed by atoms with van der Waals surface area (Å²) >= 11 is 0. The Hall–Kier alpha value is -2.04. The van der Waals surface area contributed by atoms with Gasteiger partial charge in [0.15, 0.2) is 0 Å². The van der Waals surface area contributed by atoms with Crippen molar-refractivity contribution in [1.82, 2.24) is 10.2 Å². The molecule has 4 aliphatic rings. The van der Waals surface area contributed by atoms with Crippen molar-refractivity contribution in [1.29, 1.82) is 0 Å². The van der Waals surface area contributed by atoms with E-state index in [0.717, 1.165) is 30.6 Å². The Labute approximate surface area is 180 Å². The highest BCUT2D eigenvalue weighted by Crippen LogP contribution is 2.60. The molecule has 5 heteroatoms. The summed E-state index contributed by atoms with van der Waals surface area (Å²) in [5.74, 6) is 3.11. The standard InChI is InChI=1S/C25H36N2O3/c1-16(2)22(23(28)27(3)15-17-5-7-21(30-4)8-6-17)26-24(29)25-12-18-9-19(13-25)11-20(10-18)14-25/h5-8,16,18-20,22H,9-15H2,1-4H3,(H,26,29). The summed E-state index contributed by atoms with van der Waals surface area (Å²) in [5, 5.41) is 3.21. The molecule has 0 radical (unpaired) electrons. The minimum absolute atomic E-state index is 0.0149. The van der Waals surface area contributed by atoms with Crippen molar-refractivity contribution in [3.63, 3.8) is 0 Å². The molecule has 1 aromatic rings. The van der Waals surface area contributed by atoms with E-state index >= 15 is 0 Å². The van der Waals surface area contributed by atoms with E-state index < -0.39 is 6.04 Å². The van der Waals surface area contributed by atoms with E-state index in [0.29, 0.717) is 24.3 Å². The first kappa shape index (κ1) is 21.2. The van der Waals surface area contributed by atoms with E-state index in [1.807, 2.05) is 45.2 Å². The number of benzene rings is 1. The number of methoxy groups -OCH3 is 1. The summed E-state index contributed by atoms with van der Waals surface area (Å²) in [4.78, 5) is 28.5.